The second kappa shape index (κ2) is 6.68. The van der Waals surface area contributed by atoms with Crippen LogP contribution in [-0.2, 0) is 11.2 Å². The smallest absolute Gasteiger partial charge is 0.307 e. The third-order valence-electron chi connectivity index (χ3n) is 1.39. The van der Waals surface area contributed by atoms with Gasteiger partial charge in [-0.15, -0.1) is 0 Å². The predicted molar refractivity (Wildman–Crippen MR) is 59.1 cm³/mol. The Morgan fingerprint density at radius 1 is 1.29 bits per heavy atom. The minimum Gasteiger partial charge on any atom is -0.481 e. The van der Waals surface area contributed by atoms with E-state index in [4.69, 9.17) is 28.3 Å². The molecule has 0 amide bonds. The third kappa shape index (κ3) is 3.99. The van der Waals surface area contributed by atoms with Gasteiger partial charge in [0, 0.05) is 15.6 Å². The van der Waals surface area contributed by atoms with Gasteiger partial charge in [-0.05, 0) is 12.1 Å². The lowest BCUT2D eigenvalue weighted by atomic mass is 10.1. The van der Waals surface area contributed by atoms with E-state index in [-0.39, 0.29) is 6.42 Å². The summed E-state index contributed by atoms with van der Waals surface area (Å²) in [6, 6.07) is 4.91. The summed E-state index contributed by atoms with van der Waals surface area (Å²) in [5, 5.41) is 9.29. The second-order valence-electron chi connectivity index (χ2n) is 2.27. The number of halogens is 2. The van der Waals surface area contributed by atoms with Crippen LogP contribution in [0.3, 0.4) is 0 Å². The van der Waals surface area contributed by atoms with Gasteiger partial charge in [-0.1, -0.05) is 43.1 Å². The summed E-state index contributed by atoms with van der Waals surface area (Å²) >= 11 is 11.5. The SMILES string of the molecule is CC.O=C(O)Cc1c(Cl)cccc1Cl. The molecule has 0 unspecified atom stereocenters. The van der Waals surface area contributed by atoms with Gasteiger partial charge in [0.2, 0.25) is 0 Å². The molecule has 78 valence electrons. The number of carboxylic acid groups (broad SMARTS) is 1. The van der Waals surface area contributed by atoms with Crippen molar-refractivity contribution in [2.45, 2.75) is 20.3 Å². The first-order valence-electron chi connectivity index (χ1n) is 4.26. The van der Waals surface area contributed by atoms with E-state index in [9.17, 15) is 4.79 Å². The van der Waals surface area contributed by atoms with Crippen LogP contribution < -0.4 is 0 Å². The summed E-state index contributed by atoms with van der Waals surface area (Å²) in [6.45, 7) is 4.00. The highest BCUT2D eigenvalue weighted by atomic mass is 35.5. The third-order valence-corrected chi connectivity index (χ3v) is 2.10. The zero-order valence-corrected chi connectivity index (χ0v) is 9.56. The largest absolute Gasteiger partial charge is 0.481 e. The van der Waals surface area contributed by atoms with Crippen LogP contribution in [0.25, 0.3) is 0 Å². The summed E-state index contributed by atoms with van der Waals surface area (Å²) in [5.74, 6) is -0.940. The van der Waals surface area contributed by atoms with Crippen molar-refractivity contribution in [1.29, 1.82) is 0 Å². The van der Waals surface area contributed by atoms with E-state index >= 15 is 0 Å². The summed E-state index contributed by atoms with van der Waals surface area (Å²) in [6.07, 6.45) is -0.140. The molecule has 0 spiro atoms. The molecular formula is C10H12Cl2O2. The highest BCUT2D eigenvalue weighted by Gasteiger charge is 2.08. The van der Waals surface area contributed by atoms with Crippen molar-refractivity contribution in [1.82, 2.24) is 0 Å². The molecule has 0 aliphatic heterocycles. The monoisotopic (exact) mass is 234 g/mol. The Labute approximate surface area is 93.5 Å². The van der Waals surface area contributed by atoms with Gasteiger partial charge in [-0.3, -0.25) is 4.79 Å². The molecule has 14 heavy (non-hydrogen) atoms. The Balaban J connectivity index is 0.000000791. The molecule has 0 radical (unpaired) electrons. The second-order valence-corrected chi connectivity index (χ2v) is 3.09. The van der Waals surface area contributed by atoms with Crippen LogP contribution in [-0.4, -0.2) is 11.1 Å². The predicted octanol–water partition coefficient (Wildman–Crippen LogP) is 3.65. The number of rotatable bonds is 2. The van der Waals surface area contributed by atoms with Crippen molar-refractivity contribution in [2.75, 3.05) is 0 Å². The first-order chi connectivity index (χ1) is 6.61. The van der Waals surface area contributed by atoms with Crippen LogP contribution in [0, 0.1) is 0 Å². The Hall–Kier alpha value is -0.730. The van der Waals surface area contributed by atoms with Crippen molar-refractivity contribution in [2.24, 2.45) is 0 Å². The molecule has 0 atom stereocenters. The molecule has 0 bridgehead atoms. The fourth-order valence-electron chi connectivity index (χ4n) is 0.852. The summed E-state index contributed by atoms with van der Waals surface area (Å²) in [5.41, 5.74) is 0.466. The normalized spacial score (nSPS) is 8.86. The maximum Gasteiger partial charge on any atom is 0.307 e. The molecule has 0 heterocycles. The van der Waals surface area contributed by atoms with E-state index in [1.165, 1.54) is 0 Å². The molecule has 2 nitrogen and oxygen atoms in total. The maximum atomic E-state index is 10.4. The first-order valence-corrected chi connectivity index (χ1v) is 5.01. The van der Waals surface area contributed by atoms with Gasteiger partial charge in [0.1, 0.15) is 0 Å². The molecule has 0 fully saturated rings. The number of hydrogen-bond donors (Lipinski definition) is 1. The molecule has 1 rings (SSSR count). The van der Waals surface area contributed by atoms with Crippen molar-refractivity contribution in [3.63, 3.8) is 0 Å². The molecule has 0 saturated heterocycles. The number of hydrogen-bond acceptors (Lipinski definition) is 1. The molecule has 1 N–H and O–H groups in total. The van der Waals surface area contributed by atoms with Crippen LogP contribution >= 0.6 is 23.2 Å². The van der Waals surface area contributed by atoms with Gasteiger partial charge in [-0.2, -0.15) is 0 Å². The molecule has 4 heteroatoms. The van der Waals surface area contributed by atoms with E-state index in [0.717, 1.165) is 0 Å². The van der Waals surface area contributed by atoms with Gasteiger partial charge >= 0.3 is 5.97 Å². The quantitative estimate of drug-likeness (QED) is 0.849. The zero-order valence-electron chi connectivity index (χ0n) is 8.05. The lowest BCUT2D eigenvalue weighted by molar-refractivity contribution is -0.136. The van der Waals surface area contributed by atoms with Gasteiger partial charge in [0.05, 0.1) is 6.42 Å². The van der Waals surface area contributed by atoms with Crippen LogP contribution in [0.4, 0.5) is 0 Å². The minimum atomic E-state index is -0.940. The molecule has 1 aromatic rings. The fourth-order valence-corrected chi connectivity index (χ4v) is 1.38. The lowest BCUT2D eigenvalue weighted by Gasteiger charge is -2.02. The van der Waals surface area contributed by atoms with Crippen molar-refractivity contribution >= 4 is 29.2 Å². The average Bonchev–Trinajstić information content (AvgIpc) is 2.15. The standard InChI is InChI=1S/C8H6Cl2O2.C2H6/c9-6-2-1-3-7(10)5(6)4-8(11)12;1-2/h1-3H,4H2,(H,11,12);1-2H3. The topological polar surface area (TPSA) is 37.3 Å². The Morgan fingerprint density at radius 3 is 2.07 bits per heavy atom. The molecular weight excluding hydrogens is 223 g/mol. The first kappa shape index (κ1) is 13.3. The number of carboxylic acids is 1. The summed E-state index contributed by atoms with van der Waals surface area (Å²) in [7, 11) is 0. The molecule has 0 aliphatic carbocycles. The van der Waals surface area contributed by atoms with Crippen molar-refractivity contribution in [3.05, 3.63) is 33.8 Å². The van der Waals surface area contributed by atoms with E-state index in [1.807, 2.05) is 13.8 Å². The van der Waals surface area contributed by atoms with Crippen molar-refractivity contribution in [3.8, 4) is 0 Å². The molecule has 0 saturated carbocycles. The number of carbonyl (C=O) groups is 1. The summed E-state index contributed by atoms with van der Waals surface area (Å²) in [4.78, 5) is 10.4. The lowest BCUT2D eigenvalue weighted by Crippen LogP contribution is -2.01. The summed E-state index contributed by atoms with van der Waals surface area (Å²) < 4.78 is 0. The van der Waals surface area contributed by atoms with Crippen molar-refractivity contribution < 1.29 is 9.90 Å². The van der Waals surface area contributed by atoms with Crippen LogP contribution in [0.5, 0.6) is 0 Å². The molecule has 1 aromatic carbocycles. The van der Waals surface area contributed by atoms with Gasteiger partial charge in [0.15, 0.2) is 0 Å². The van der Waals surface area contributed by atoms with Gasteiger partial charge < -0.3 is 5.11 Å². The van der Waals surface area contributed by atoms with E-state index < -0.39 is 5.97 Å². The number of aliphatic carboxylic acids is 1. The van der Waals surface area contributed by atoms with E-state index in [2.05, 4.69) is 0 Å². The van der Waals surface area contributed by atoms with Crippen LogP contribution in [0.2, 0.25) is 10.0 Å². The number of benzene rings is 1. The molecule has 0 aliphatic rings. The highest BCUT2D eigenvalue weighted by Crippen LogP contribution is 2.24. The van der Waals surface area contributed by atoms with Gasteiger partial charge in [0.25, 0.3) is 0 Å². The Bertz CT molecular complexity index is 291. The van der Waals surface area contributed by atoms with Crippen LogP contribution in [0.1, 0.15) is 19.4 Å². The van der Waals surface area contributed by atoms with E-state index in [1.54, 1.807) is 18.2 Å². The minimum absolute atomic E-state index is 0.140. The zero-order chi connectivity index (χ0) is 11.1. The van der Waals surface area contributed by atoms with Crippen LogP contribution in [0.15, 0.2) is 18.2 Å². The maximum absolute atomic E-state index is 10.4. The molecule has 0 aromatic heterocycles. The Kier molecular flexibility index (Phi) is 6.34. The average molecular weight is 235 g/mol. The highest BCUT2D eigenvalue weighted by molar-refractivity contribution is 6.36. The Morgan fingerprint density at radius 2 is 1.71 bits per heavy atom. The van der Waals surface area contributed by atoms with Gasteiger partial charge in [-0.25, -0.2) is 0 Å². The van der Waals surface area contributed by atoms with E-state index in [0.29, 0.717) is 15.6 Å². The fraction of sp³-hybridized carbons (Fsp3) is 0.300.